The van der Waals surface area contributed by atoms with Gasteiger partial charge in [-0.15, -0.1) is 0 Å². The molecule has 0 spiro atoms. The average molecular weight is 270 g/mol. The number of hydrogen-bond acceptors (Lipinski definition) is 3. The van der Waals surface area contributed by atoms with Gasteiger partial charge >= 0.3 is 5.97 Å². The molecule has 0 radical (unpaired) electrons. The number of anilines is 1. The Hall–Kier alpha value is -1.26. The van der Waals surface area contributed by atoms with Crippen LogP contribution >= 0.6 is 11.6 Å². The third kappa shape index (κ3) is 2.94. The predicted molar refractivity (Wildman–Crippen MR) is 70.3 cm³/mol. The molecule has 2 rings (SSSR count). The molecule has 5 heteroatoms. The van der Waals surface area contributed by atoms with Gasteiger partial charge in [0.2, 0.25) is 0 Å². The fourth-order valence-electron chi connectivity index (χ4n) is 2.31. The van der Waals surface area contributed by atoms with Gasteiger partial charge in [-0.1, -0.05) is 11.6 Å². The molecule has 1 aliphatic heterocycles. The van der Waals surface area contributed by atoms with Crippen LogP contribution < -0.4 is 4.90 Å². The number of carbonyl (C=O) groups is 1. The zero-order valence-corrected chi connectivity index (χ0v) is 10.9. The summed E-state index contributed by atoms with van der Waals surface area (Å²) in [5.74, 6) is -0.843. The van der Waals surface area contributed by atoms with E-state index in [1.807, 2.05) is 24.0 Å². The normalized spacial score (nSPS) is 23.0. The van der Waals surface area contributed by atoms with E-state index < -0.39 is 5.97 Å². The van der Waals surface area contributed by atoms with E-state index in [4.69, 9.17) is 21.4 Å². The van der Waals surface area contributed by atoms with E-state index in [2.05, 4.69) is 0 Å². The van der Waals surface area contributed by atoms with Crippen LogP contribution in [-0.2, 0) is 9.53 Å². The quantitative estimate of drug-likeness (QED) is 0.912. The first-order chi connectivity index (χ1) is 8.58. The molecule has 4 nitrogen and oxygen atoms in total. The SMILES string of the molecule is CC1OCCC1N(CC(=O)O)c1ccc(Cl)cc1. The fourth-order valence-corrected chi connectivity index (χ4v) is 2.43. The maximum atomic E-state index is 11.0. The predicted octanol–water partition coefficient (Wildman–Crippen LogP) is 2.41. The van der Waals surface area contributed by atoms with Gasteiger partial charge in [0.1, 0.15) is 6.54 Å². The van der Waals surface area contributed by atoms with Crippen LogP contribution in [0.1, 0.15) is 13.3 Å². The Kier molecular flexibility index (Phi) is 4.09. The minimum Gasteiger partial charge on any atom is -0.480 e. The van der Waals surface area contributed by atoms with E-state index in [1.54, 1.807) is 12.1 Å². The lowest BCUT2D eigenvalue weighted by atomic mass is 10.1. The number of aliphatic carboxylic acids is 1. The average Bonchev–Trinajstić information content (AvgIpc) is 2.73. The van der Waals surface area contributed by atoms with E-state index in [0.717, 1.165) is 12.1 Å². The van der Waals surface area contributed by atoms with Gasteiger partial charge in [-0.3, -0.25) is 4.79 Å². The molecule has 1 saturated heterocycles. The van der Waals surface area contributed by atoms with Gasteiger partial charge in [-0.25, -0.2) is 0 Å². The number of hydrogen-bond donors (Lipinski definition) is 1. The van der Waals surface area contributed by atoms with Crippen molar-refractivity contribution in [2.24, 2.45) is 0 Å². The lowest BCUT2D eigenvalue weighted by Gasteiger charge is -2.31. The highest BCUT2D eigenvalue weighted by Gasteiger charge is 2.31. The molecular formula is C13H16ClNO3. The molecular weight excluding hydrogens is 254 g/mol. The van der Waals surface area contributed by atoms with E-state index in [-0.39, 0.29) is 18.7 Å². The van der Waals surface area contributed by atoms with Gasteiger partial charge in [0.15, 0.2) is 0 Å². The van der Waals surface area contributed by atoms with Gasteiger partial charge in [0, 0.05) is 17.3 Å². The molecule has 0 aliphatic carbocycles. The maximum absolute atomic E-state index is 11.0. The van der Waals surface area contributed by atoms with Crippen LogP contribution in [0.25, 0.3) is 0 Å². The number of rotatable bonds is 4. The van der Waals surface area contributed by atoms with Crippen molar-refractivity contribution >= 4 is 23.3 Å². The van der Waals surface area contributed by atoms with Crippen molar-refractivity contribution in [2.75, 3.05) is 18.1 Å². The van der Waals surface area contributed by atoms with Crippen LogP contribution in [0.2, 0.25) is 5.02 Å². The molecule has 1 aliphatic rings. The van der Waals surface area contributed by atoms with Crippen molar-refractivity contribution in [1.29, 1.82) is 0 Å². The molecule has 0 aromatic heterocycles. The monoisotopic (exact) mass is 269 g/mol. The molecule has 1 heterocycles. The Balaban J connectivity index is 2.24. The molecule has 2 unspecified atom stereocenters. The van der Waals surface area contributed by atoms with E-state index in [1.165, 1.54) is 0 Å². The number of carboxylic acids is 1. The summed E-state index contributed by atoms with van der Waals surface area (Å²) in [5.41, 5.74) is 0.865. The largest absolute Gasteiger partial charge is 0.480 e. The second kappa shape index (κ2) is 5.59. The standard InChI is InChI=1S/C13H16ClNO3/c1-9-12(6-7-18-9)15(8-13(16)17)11-4-2-10(14)3-5-11/h2-5,9,12H,6-8H2,1H3,(H,16,17). The Morgan fingerprint density at radius 3 is 2.67 bits per heavy atom. The maximum Gasteiger partial charge on any atom is 0.323 e. The summed E-state index contributed by atoms with van der Waals surface area (Å²) in [4.78, 5) is 12.9. The second-order valence-electron chi connectivity index (χ2n) is 4.43. The Morgan fingerprint density at radius 1 is 1.50 bits per heavy atom. The highest BCUT2D eigenvalue weighted by Crippen LogP contribution is 2.26. The molecule has 0 bridgehead atoms. The van der Waals surface area contributed by atoms with Crippen molar-refractivity contribution in [3.05, 3.63) is 29.3 Å². The van der Waals surface area contributed by atoms with Crippen molar-refractivity contribution in [3.63, 3.8) is 0 Å². The highest BCUT2D eigenvalue weighted by molar-refractivity contribution is 6.30. The number of benzene rings is 1. The number of nitrogens with zero attached hydrogens (tertiary/aromatic N) is 1. The van der Waals surface area contributed by atoms with Crippen LogP contribution in [-0.4, -0.2) is 36.4 Å². The lowest BCUT2D eigenvalue weighted by Crippen LogP contribution is -2.43. The van der Waals surface area contributed by atoms with Crippen molar-refractivity contribution in [3.8, 4) is 0 Å². The third-order valence-corrected chi connectivity index (χ3v) is 3.45. The van der Waals surface area contributed by atoms with E-state index >= 15 is 0 Å². The summed E-state index contributed by atoms with van der Waals surface area (Å²) < 4.78 is 5.51. The molecule has 18 heavy (non-hydrogen) atoms. The molecule has 1 fully saturated rings. The van der Waals surface area contributed by atoms with Crippen LogP contribution in [0, 0.1) is 0 Å². The van der Waals surface area contributed by atoms with Gasteiger partial charge in [0.05, 0.1) is 12.1 Å². The van der Waals surface area contributed by atoms with Crippen molar-refractivity contribution in [1.82, 2.24) is 0 Å². The zero-order chi connectivity index (χ0) is 13.1. The minimum atomic E-state index is -0.843. The van der Waals surface area contributed by atoms with Gasteiger partial charge < -0.3 is 14.7 Å². The summed E-state index contributed by atoms with van der Waals surface area (Å²) in [6, 6.07) is 7.33. The van der Waals surface area contributed by atoms with Gasteiger partial charge in [-0.05, 0) is 37.6 Å². The number of ether oxygens (including phenoxy) is 1. The first kappa shape index (κ1) is 13.2. The smallest absolute Gasteiger partial charge is 0.323 e. The first-order valence-electron chi connectivity index (χ1n) is 5.93. The summed E-state index contributed by atoms with van der Waals surface area (Å²) >= 11 is 5.85. The van der Waals surface area contributed by atoms with Crippen LogP contribution in [0.4, 0.5) is 5.69 Å². The molecule has 1 aromatic rings. The first-order valence-corrected chi connectivity index (χ1v) is 6.31. The number of halogens is 1. The van der Waals surface area contributed by atoms with Crippen molar-refractivity contribution < 1.29 is 14.6 Å². The van der Waals surface area contributed by atoms with Crippen LogP contribution in [0.5, 0.6) is 0 Å². The van der Waals surface area contributed by atoms with Gasteiger partial charge in [-0.2, -0.15) is 0 Å². The summed E-state index contributed by atoms with van der Waals surface area (Å²) in [6.45, 7) is 2.62. The molecule has 2 atom stereocenters. The fraction of sp³-hybridized carbons (Fsp3) is 0.462. The second-order valence-corrected chi connectivity index (χ2v) is 4.87. The van der Waals surface area contributed by atoms with E-state index in [0.29, 0.717) is 11.6 Å². The molecule has 1 N–H and O–H groups in total. The number of carboxylic acid groups (broad SMARTS) is 1. The molecule has 1 aromatic carbocycles. The van der Waals surface area contributed by atoms with E-state index in [9.17, 15) is 4.79 Å². The molecule has 0 saturated carbocycles. The Bertz CT molecular complexity index is 421. The minimum absolute atomic E-state index is 0.0278. The van der Waals surface area contributed by atoms with Gasteiger partial charge in [0.25, 0.3) is 0 Å². The van der Waals surface area contributed by atoms with Crippen LogP contribution in [0.15, 0.2) is 24.3 Å². The van der Waals surface area contributed by atoms with Crippen molar-refractivity contribution in [2.45, 2.75) is 25.5 Å². The molecule has 98 valence electrons. The highest BCUT2D eigenvalue weighted by atomic mass is 35.5. The molecule has 0 amide bonds. The Morgan fingerprint density at radius 2 is 2.17 bits per heavy atom. The summed E-state index contributed by atoms with van der Waals surface area (Å²) in [6.07, 6.45) is 0.886. The summed E-state index contributed by atoms with van der Waals surface area (Å²) in [5, 5.41) is 9.68. The lowest BCUT2D eigenvalue weighted by molar-refractivity contribution is -0.135. The zero-order valence-electron chi connectivity index (χ0n) is 10.2. The Labute approximate surface area is 111 Å². The summed E-state index contributed by atoms with van der Waals surface area (Å²) in [7, 11) is 0. The topological polar surface area (TPSA) is 49.8 Å². The third-order valence-electron chi connectivity index (χ3n) is 3.20. The van der Waals surface area contributed by atoms with Crippen LogP contribution in [0.3, 0.4) is 0 Å².